The highest BCUT2D eigenvalue weighted by Gasteiger charge is 2.38. The Labute approximate surface area is 130 Å². The third kappa shape index (κ3) is 2.20. The minimum Gasteiger partial charge on any atom is -0.493 e. The van der Waals surface area contributed by atoms with Gasteiger partial charge in [-0.15, -0.1) is 0 Å². The van der Waals surface area contributed by atoms with Gasteiger partial charge < -0.3 is 9.47 Å². The standard InChI is InChI=1S/C17H14F4O2/c1-7(22-2)14-9-5-12(19)11(18)4-8(9)10-6-13(20)16(21)17(23-3)15(10)14/h4-7,14H,1-3H3. The summed E-state index contributed by atoms with van der Waals surface area (Å²) in [4.78, 5) is 0. The van der Waals surface area contributed by atoms with Gasteiger partial charge in [0.05, 0.1) is 13.2 Å². The lowest BCUT2D eigenvalue weighted by molar-refractivity contribution is 0.105. The number of ether oxygens (including phenoxy) is 2. The summed E-state index contributed by atoms with van der Waals surface area (Å²) in [7, 11) is 2.67. The van der Waals surface area contributed by atoms with E-state index in [0.29, 0.717) is 16.7 Å². The van der Waals surface area contributed by atoms with Gasteiger partial charge in [-0.05, 0) is 41.8 Å². The molecule has 1 aliphatic rings. The molecule has 0 saturated heterocycles. The summed E-state index contributed by atoms with van der Waals surface area (Å²) < 4.78 is 65.6. The maximum atomic E-state index is 14.1. The molecule has 2 aromatic carbocycles. The number of fused-ring (bicyclic) bond motifs is 3. The van der Waals surface area contributed by atoms with Crippen LogP contribution in [0.4, 0.5) is 17.6 Å². The molecule has 0 spiro atoms. The Bertz CT molecular complexity index is 789. The van der Waals surface area contributed by atoms with Crippen LogP contribution in [0.3, 0.4) is 0 Å². The molecule has 23 heavy (non-hydrogen) atoms. The van der Waals surface area contributed by atoms with Crippen LogP contribution < -0.4 is 4.74 Å². The summed E-state index contributed by atoms with van der Waals surface area (Å²) in [5, 5.41) is 0. The number of rotatable bonds is 3. The van der Waals surface area contributed by atoms with E-state index in [1.165, 1.54) is 14.2 Å². The fourth-order valence-corrected chi connectivity index (χ4v) is 3.18. The van der Waals surface area contributed by atoms with Crippen LogP contribution in [0, 0.1) is 23.3 Å². The number of hydrogen-bond donors (Lipinski definition) is 0. The first kappa shape index (κ1) is 15.8. The molecule has 0 amide bonds. The van der Waals surface area contributed by atoms with E-state index in [0.717, 1.165) is 18.2 Å². The van der Waals surface area contributed by atoms with E-state index >= 15 is 0 Å². The molecule has 0 fully saturated rings. The lowest BCUT2D eigenvalue weighted by atomic mass is 9.91. The van der Waals surface area contributed by atoms with Crippen LogP contribution in [0.2, 0.25) is 0 Å². The van der Waals surface area contributed by atoms with Crippen molar-refractivity contribution in [3.05, 3.63) is 52.6 Å². The maximum Gasteiger partial charge on any atom is 0.200 e. The molecule has 0 N–H and O–H groups in total. The second-order valence-corrected chi connectivity index (χ2v) is 5.44. The van der Waals surface area contributed by atoms with Crippen molar-refractivity contribution in [1.29, 1.82) is 0 Å². The molecule has 2 nitrogen and oxygen atoms in total. The Balaban J connectivity index is 2.39. The molecule has 122 valence electrons. The van der Waals surface area contributed by atoms with E-state index in [1.807, 2.05) is 0 Å². The fourth-order valence-electron chi connectivity index (χ4n) is 3.18. The van der Waals surface area contributed by atoms with E-state index in [1.54, 1.807) is 6.92 Å². The molecule has 1 aliphatic carbocycles. The van der Waals surface area contributed by atoms with Crippen molar-refractivity contribution in [3.63, 3.8) is 0 Å². The first-order chi connectivity index (χ1) is 10.9. The molecule has 2 aromatic rings. The molecule has 2 atom stereocenters. The Hall–Kier alpha value is -2.08. The third-order valence-electron chi connectivity index (χ3n) is 4.29. The van der Waals surface area contributed by atoms with E-state index in [2.05, 4.69) is 0 Å². The van der Waals surface area contributed by atoms with Gasteiger partial charge in [-0.3, -0.25) is 0 Å². The monoisotopic (exact) mass is 326 g/mol. The van der Waals surface area contributed by atoms with Crippen molar-refractivity contribution >= 4 is 0 Å². The minimum absolute atomic E-state index is 0.272. The van der Waals surface area contributed by atoms with E-state index in [4.69, 9.17) is 9.47 Å². The van der Waals surface area contributed by atoms with E-state index < -0.39 is 35.3 Å². The Morgan fingerprint density at radius 1 is 0.913 bits per heavy atom. The second kappa shape index (κ2) is 5.53. The SMILES string of the molecule is COc1c(F)c(F)cc2c1C(C(C)OC)c1cc(F)c(F)cc1-2. The zero-order chi connectivity index (χ0) is 16.9. The molecule has 6 heteroatoms. The third-order valence-corrected chi connectivity index (χ3v) is 4.29. The summed E-state index contributed by atoms with van der Waals surface area (Å²) in [6.45, 7) is 1.71. The molecule has 3 rings (SSSR count). The number of methoxy groups -OCH3 is 2. The van der Waals surface area contributed by atoms with Crippen molar-refractivity contribution in [2.45, 2.75) is 18.9 Å². The number of benzene rings is 2. The van der Waals surface area contributed by atoms with Crippen LogP contribution in [0.5, 0.6) is 5.75 Å². The summed E-state index contributed by atoms with van der Waals surface area (Å²) in [6.07, 6.45) is -0.473. The van der Waals surface area contributed by atoms with E-state index in [-0.39, 0.29) is 11.3 Å². The molecule has 2 unspecified atom stereocenters. The minimum atomic E-state index is -1.13. The predicted octanol–water partition coefficient (Wildman–Crippen LogP) is 4.40. The highest BCUT2D eigenvalue weighted by Crippen LogP contribution is 2.52. The maximum absolute atomic E-state index is 14.1. The summed E-state index contributed by atoms with van der Waals surface area (Å²) >= 11 is 0. The highest BCUT2D eigenvalue weighted by molar-refractivity contribution is 5.82. The lowest BCUT2D eigenvalue weighted by Gasteiger charge is -2.22. The molecule has 0 radical (unpaired) electrons. The van der Waals surface area contributed by atoms with Gasteiger partial charge in [0.25, 0.3) is 0 Å². The van der Waals surface area contributed by atoms with Gasteiger partial charge in [0.2, 0.25) is 5.82 Å². The first-order valence-electron chi connectivity index (χ1n) is 6.98. The largest absolute Gasteiger partial charge is 0.493 e. The van der Waals surface area contributed by atoms with Crippen molar-refractivity contribution in [2.75, 3.05) is 14.2 Å². The van der Waals surface area contributed by atoms with E-state index in [9.17, 15) is 17.6 Å². The zero-order valence-corrected chi connectivity index (χ0v) is 12.7. The number of hydrogen-bond acceptors (Lipinski definition) is 2. The molecule has 0 aliphatic heterocycles. The topological polar surface area (TPSA) is 18.5 Å². The number of halogens is 4. The van der Waals surface area contributed by atoms with Crippen LogP contribution in [0.25, 0.3) is 11.1 Å². The Morgan fingerprint density at radius 3 is 2.13 bits per heavy atom. The molecular formula is C17H14F4O2. The molecule has 0 aromatic heterocycles. The average molecular weight is 326 g/mol. The van der Waals surface area contributed by atoms with Crippen molar-refractivity contribution in [3.8, 4) is 16.9 Å². The second-order valence-electron chi connectivity index (χ2n) is 5.44. The molecule has 0 heterocycles. The lowest BCUT2D eigenvalue weighted by Crippen LogP contribution is -2.18. The highest BCUT2D eigenvalue weighted by atomic mass is 19.2. The summed E-state index contributed by atoms with van der Waals surface area (Å²) in [5.41, 5.74) is 1.34. The Kier molecular flexibility index (Phi) is 3.80. The summed E-state index contributed by atoms with van der Waals surface area (Å²) in [6, 6.07) is 3.01. The first-order valence-corrected chi connectivity index (χ1v) is 6.98. The van der Waals surface area contributed by atoms with Gasteiger partial charge in [-0.2, -0.15) is 4.39 Å². The summed E-state index contributed by atoms with van der Waals surface area (Å²) in [5.74, 6) is -5.18. The van der Waals surface area contributed by atoms with Gasteiger partial charge in [0, 0.05) is 18.6 Å². The van der Waals surface area contributed by atoms with Crippen LogP contribution in [0.15, 0.2) is 18.2 Å². The zero-order valence-electron chi connectivity index (χ0n) is 12.7. The Morgan fingerprint density at radius 2 is 1.52 bits per heavy atom. The van der Waals surface area contributed by atoms with Crippen molar-refractivity contribution in [2.24, 2.45) is 0 Å². The normalized spacial score (nSPS) is 16.9. The van der Waals surface area contributed by atoms with Crippen molar-refractivity contribution < 1.29 is 27.0 Å². The molecular weight excluding hydrogens is 312 g/mol. The van der Waals surface area contributed by atoms with Crippen LogP contribution in [-0.2, 0) is 4.74 Å². The molecule has 0 saturated carbocycles. The van der Waals surface area contributed by atoms with Crippen LogP contribution in [-0.4, -0.2) is 20.3 Å². The van der Waals surface area contributed by atoms with Crippen LogP contribution >= 0.6 is 0 Å². The van der Waals surface area contributed by atoms with Crippen molar-refractivity contribution in [1.82, 2.24) is 0 Å². The average Bonchev–Trinajstić information content (AvgIpc) is 2.82. The smallest absolute Gasteiger partial charge is 0.200 e. The predicted molar refractivity (Wildman–Crippen MR) is 76.6 cm³/mol. The van der Waals surface area contributed by atoms with Gasteiger partial charge in [0.1, 0.15) is 0 Å². The van der Waals surface area contributed by atoms with Gasteiger partial charge in [0.15, 0.2) is 23.2 Å². The van der Waals surface area contributed by atoms with Gasteiger partial charge in [-0.1, -0.05) is 0 Å². The van der Waals surface area contributed by atoms with Gasteiger partial charge in [-0.25, -0.2) is 13.2 Å². The fraction of sp³-hybridized carbons (Fsp3) is 0.294. The molecule has 0 bridgehead atoms. The van der Waals surface area contributed by atoms with Gasteiger partial charge >= 0.3 is 0 Å². The quantitative estimate of drug-likeness (QED) is 0.779. The van der Waals surface area contributed by atoms with Crippen LogP contribution in [0.1, 0.15) is 24.0 Å².